The van der Waals surface area contributed by atoms with E-state index in [1.165, 1.54) is 0 Å². The molecular weight excluding hydrogens is 454 g/mol. The molecule has 0 unspecified atom stereocenters. The van der Waals surface area contributed by atoms with Gasteiger partial charge in [0, 0.05) is 0 Å². The van der Waals surface area contributed by atoms with Gasteiger partial charge in [0.25, 0.3) is 11.4 Å². The number of rotatable bonds is 3. The molecule has 2 aliphatic heterocycles. The lowest BCUT2D eigenvalue weighted by Crippen LogP contribution is -2.45. The number of hydrogen-bond acceptors (Lipinski definition) is 4. The van der Waals surface area contributed by atoms with E-state index in [-0.39, 0.29) is 0 Å². The maximum atomic E-state index is 13.4. The number of hydrogen-bond donors (Lipinski definition) is 0. The summed E-state index contributed by atoms with van der Waals surface area (Å²) < 4.78 is 128. The second kappa shape index (κ2) is 7.21. The lowest BCUT2D eigenvalue weighted by molar-refractivity contribution is -0.266. The van der Waals surface area contributed by atoms with E-state index in [0.29, 0.717) is 44.1 Å². The Morgan fingerprint density at radius 1 is 0.643 bits per heavy atom. The molecule has 16 heteroatoms. The van der Waals surface area contributed by atoms with Crippen molar-refractivity contribution in [2.45, 2.75) is 24.2 Å². The molecule has 0 aromatic heterocycles. The minimum absolute atomic E-state index is 0.351. The number of thioether (sulfide) groups is 2. The van der Waals surface area contributed by atoms with E-state index < -0.39 is 45.9 Å². The highest BCUT2D eigenvalue weighted by Crippen LogP contribution is 2.46. The Kier molecular flexibility index (Phi) is 5.93. The van der Waals surface area contributed by atoms with E-state index in [0.717, 1.165) is 14.1 Å². The van der Waals surface area contributed by atoms with Gasteiger partial charge in [0.05, 0.1) is 10.8 Å². The molecule has 28 heavy (non-hydrogen) atoms. The maximum Gasteiger partial charge on any atom is 0.464 e. The third-order valence-corrected chi connectivity index (χ3v) is 5.24. The van der Waals surface area contributed by atoms with E-state index in [2.05, 4.69) is 10.2 Å². The van der Waals surface area contributed by atoms with Crippen molar-refractivity contribution in [3.8, 4) is 0 Å². The van der Waals surface area contributed by atoms with Gasteiger partial charge in [0.1, 0.15) is 14.1 Å². The molecule has 0 atom stereocenters. The first-order valence-corrected chi connectivity index (χ1v) is 8.54. The molecule has 0 saturated carbocycles. The topological polar surface area (TPSA) is 36.5 Å². The minimum Gasteiger partial charge on any atom is -0.184 e. The van der Waals surface area contributed by atoms with Crippen LogP contribution in [0.4, 0.5) is 43.9 Å². The zero-order valence-electron chi connectivity index (χ0n) is 13.5. The van der Waals surface area contributed by atoms with Gasteiger partial charge < -0.3 is 0 Å². The molecule has 2 radical (unpaired) electrons. The third kappa shape index (κ3) is 3.91. The number of allylic oxidation sites excluding steroid dienone is 2. The van der Waals surface area contributed by atoms with Crippen molar-refractivity contribution in [1.82, 2.24) is 9.80 Å². The standard InChI is InChI=1S/C12H8F10N4S2/c1-25-5(9(13,14)11(17,18)19)3-27-7(25)23-24-8-26(2)6(4-28-8)10(15,16)12(20,21)22/h3-4H,1-2H3/q+2/b23-7+,24-8+. The van der Waals surface area contributed by atoms with Crippen molar-refractivity contribution >= 4 is 33.9 Å². The van der Waals surface area contributed by atoms with Crippen LogP contribution in [0.25, 0.3) is 0 Å². The van der Waals surface area contributed by atoms with Gasteiger partial charge >= 0.3 is 34.5 Å². The number of alkyl halides is 10. The lowest BCUT2D eigenvalue weighted by atomic mass is 10.2. The number of amidine groups is 2. The molecule has 0 aromatic rings. The summed E-state index contributed by atoms with van der Waals surface area (Å²) in [5, 5.41) is 6.81. The Hall–Kier alpha value is -1.26. The van der Waals surface area contributed by atoms with E-state index in [9.17, 15) is 43.9 Å². The van der Waals surface area contributed by atoms with Crippen molar-refractivity contribution in [2.24, 2.45) is 10.2 Å². The molecule has 2 heterocycles. The van der Waals surface area contributed by atoms with Crippen LogP contribution in [-0.2, 0) is 0 Å². The van der Waals surface area contributed by atoms with Gasteiger partial charge in [0.15, 0.2) is 0 Å². The minimum atomic E-state index is -5.86. The van der Waals surface area contributed by atoms with Crippen molar-refractivity contribution in [3.05, 3.63) is 22.2 Å². The van der Waals surface area contributed by atoms with Crippen LogP contribution in [0.3, 0.4) is 0 Å². The van der Waals surface area contributed by atoms with Crippen LogP contribution in [-0.4, -0.2) is 48.6 Å². The molecule has 0 N–H and O–H groups in total. The fourth-order valence-corrected chi connectivity index (χ4v) is 3.60. The summed E-state index contributed by atoms with van der Waals surface area (Å²) in [7, 11) is 1.69. The monoisotopic (exact) mass is 462 g/mol. The Labute approximate surface area is 159 Å². The van der Waals surface area contributed by atoms with Crippen LogP contribution < -0.4 is 9.80 Å². The Morgan fingerprint density at radius 3 is 1.18 bits per heavy atom. The molecular formula is C12H8F10N4S2+2. The molecule has 0 saturated heterocycles. The van der Waals surface area contributed by atoms with Crippen LogP contribution in [0, 0.1) is 0 Å². The zero-order valence-corrected chi connectivity index (χ0v) is 15.2. The predicted octanol–water partition coefficient (Wildman–Crippen LogP) is 4.72. The normalized spacial score (nSPS) is 23.7. The van der Waals surface area contributed by atoms with Crippen LogP contribution in [0.2, 0.25) is 0 Å². The highest BCUT2D eigenvalue weighted by atomic mass is 32.2. The van der Waals surface area contributed by atoms with E-state index in [4.69, 9.17) is 0 Å². The molecule has 0 fully saturated rings. The van der Waals surface area contributed by atoms with Gasteiger partial charge in [-0.25, -0.2) is 0 Å². The Morgan fingerprint density at radius 2 is 0.929 bits per heavy atom. The molecule has 0 aromatic carbocycles. The first-order chi connectivity index (χ1) is 12.5. The summed E-state index contributed by atoms with van der Waals surface area (Å²) in [6.45, 7) is 0. The molecule has 0 spiro atoms. The summed E-state index contributed by atoms with van der Waals surface area (Å²) in [5.74, 6) is -10.4. The van der Waals surface area contributed by atoms with E-state index >= 15 is 0 Å². The molecule has 2 aliphatic rings. The van der Waals surface area contributed by atoms with Crippen LogP contribution >= 0.6 is 23.5 Å². The summed E-state index contributed by atoms with van der Waals surface area (Å²) >= 11 is 0.701. The Balaban J connectivity index is 2.19. The molecule has 0 amide bonds. The second-order valence-corrected chi connectivity index (χ2v) is 6.94. The average molecular weight is 462 g/mol. The highest BCUT2D eigenvalue weighted by Gasteiger charge is 2.68. The van der Waals surface area contributed by atoms with Gasteiger partial charge in [-0.2, -0.15) is 43.9 Å². The lowest BCUT2D eigenvalue weighted by Gasteiger charge is -2.18. The Bertz CT molecular complexity index is 701. The van der Waals surface area contributed by atoms with Gasteiger partial charge in [-0.3, -0.25) is 0 Å². The van der Waals surface area contributed by atoms with Gasteiger partial charge in [0.2, 0.25) is 0 Å². The van der Waals surface area contributed by atoms with Gasteiger partial charge in [-0.15, -0.1) is 0 Å². The van der Waals surface area contributed by atoms with E-state index in [1.54, 1.807) is 0 Å². The fraction of sp³-hybridized carbons (Fsp3) is 0.500. The molecule has 0 aliphatic carbocycles. The summed E-state index contributed by atoms with van der Waals surface area (Å²) in [4.78, 5) is 0.779. The molecule has 4 nitrogen and oxygen atoms in total. The third-order valence-electron chi connectivity index (χ3n) is 3.43. The quantitative estimate of drug-likeness (QED) is 0.346. The van der Waals surface area contributed by atoms with Crippen molar-refractivity contribution in [3.63, 3.8) is 0 Å². The smallest absolute Gasteiger partial charge is 0.184 e. The highest BCUT2D eigenvalue weighted by molar-refractivity contribution is 8.17. The van der Waals surface area contributed by atoms with Gasteiger partial charge in [-0.05, 0) is 23.5 Å². The van der Waals surface area contributed by atoms with E-state index in [1.807, 2.05) is 0 Å². The molecule has 156 valence electrons. The SMILES string of the molecule is C[N+]1C(C(F)(F)C(F)(F)F)=CS/C1=N/N=C1/SC=C(C(F)(F)C(F)(F)F)[N+]1C. The first-order valence-electron chi connectivity index (χ1n) is 6.78. The average Bonchev–Trinajstić information content (AvgIpc) is 3.06. The van der Waals surface area contributed by atoms with Crippen LogP contribution in [0.1, 0.15) is 0 Å². The van der Waals surface area contributed by atoms with Crippen LogP contribution in [0.15, 0.2) is 32.4 Å². The summed E-state index contributed by atoms with van der Waals surface area (Å²) in [5.41, 5.74) is -2.86. The number of halogens is 10. The molecule has 0 bridgehead atoms. The fourth-order valence-electron chi connectivity index (χ4n) is 1.87. The second-order valence-electron chi connectivity index (χ2n) is 5.27. The maximum absolute atomic E-state index is 13.4. The summed E-state index contributed by atoms with van der Waals surface area (Å²) in [6.07, 6.45) is -11.7. The zero-order chi connectivity index (χ0) is 21.7. The van der Waals surface area contributed by atoms with Crippen LogP contribution in [0.5, 0.6) is 0 Å². The molecule has 2 rings (SSSR count). The number of nitrogens with zero attached hydrogens (tertiary/aromatic N) is 4. The predicted molar refractivity (Wildman–Crippen MR) is 84.3 cm³/mol. The van der Waals surface area contributed by atoms with Gasteiger partial charge in [-0.1, -0.05) is 20.0 Å². The van der Waals surface area contributed by atoms with Crippen molar-refractivity contribution in [2.75, 3.05) is 14.1 Å². The largest absolute Gasteiger partial charge is 0.464 e. The first kappa shape index (κ1) is 23.0. The summed E-state index contributed by atoms with van der Waals surface area (Å²) in [6, 6.07) is 0. The van der Waals surface area contributed by atoms with Crippen molar-refractivity contribution in [1.29, 1.82) is 0 Å². The van der Waals surface area contributed by atoms with Crippen molar-refractivity contribution < 1.29 is 43.9 Å².